The number of hydrogen-bond acceptors (Lipinski definition) is 4. The maximum atomic E-state index is 12.2. The van der Waals surface area contributed by atoms with Gasteiger partial charge in [0.15, 0.2) is 0 Å². The molecule has 4 nitrogen and oxygen atoms in total. The van der Waals surface area contributed by atoms with Gasteiger partial charge in [-0.05, 0) is 47.0 Å². The lowest BCUT2D eigenvalue weighted by molar-refractivity contribution is 0.580. The Morgan fingerprint density at radius 2 is 1.90 bits per heavy atom. The highest BCUT2D eigenvalue weighted by Crippen LogP contribution is 2.14. The molecule has 21 heavy (non-hydrogen) atoms. The minimum absolute atomic E-state index is 0.00768. The molecule has 0 amide bonds. The van der Waals surface area contributed by atoms with Gasteiger partial charge in [-0.15, -0.1) is 0 Å². The molecule has 0 radical (unpaired) electrons. The van der Waals surface area contributed by atoms with Crippen LogP contribution < -0.4 is 10.0 Å². The fourth-order valence-corrected chi connectivity index (χ4v) is 4.01. The summed E-state index contributed by atoms with van der Waals surface area (Å²) in [5.41, 5.74) is 4.04. The molecule has 0 aliphatic heterocycles. The van der Waals surface area contributed by atoms with Crippen molar-refractivity contribution in [2.45, 2.75) is 25.8 Å². The number of benzene rings is 1. The number of thiophene rings is 1. The van der Waals surface area contributed by atoms with E-state index in [0.717, 1.165) is 28.8 Å². The largest absolute Gasteiger partial charge is 0.316 e. The van der Waals surface area contributed by atoms with Crippen molar-refractivity contribution < 1.29 is 8.42 Å². The van der Waals surface area contributed by atoms with Gasteiger partial charge in [0, 0.05) is 13.1 Å². The zero-order valence-electron chi connectivity index (χ0n) is 12.2. The summed E-state index contributed by atoms with van der Waals surface area (Å²) in [5.74, 6) is 0.00768. The third-order valence-electron chi connectivity index (χ3n) is 3.17. The molecule has 2 N–H and O–H groups in total. The van der Waals surface area contributed by atoms with Gasteiger partial charge >= 0.3 is 0 Å². The second-order valence-electron chi connectivity index (χ2n) is 5.01. The summed E-state index contributed by atoms with van der Waals surface area (Å²) in [6.07, 6.45) is 0. The van der Waals surface area contributed by atoms with Crippen molar-refractivity contribution in [3.8, 4) is 0 Å². The number of rotatable bonds is 7. The average Bonchev–Trinajstić information content (AvgIpc) is 2.82. The van der Waals surface area contributed by atoms with E-state index >= 15 is 0 Å². The quantitative estimate of drug-likeness (QED) is 0.822. The van der Waals surface area contributed by atoms with Crippen molar-refractivity contribution >= 4 is 21.4 Å². The number of hydrogen-bond donors (Lipinski definition) is 2. The van der Waals surface area contributed by atoms with Gasteiger partial charge in [0.2, 0.25) is 10.0 Å². The Morgan fingerprint density at radius 3 is 2.57 bits per heavy atom. The second-order valence-corrected chi connectivity index (χ2v) is 7.56. The monoisotopic (exact) mass is 324 g/mol. The fourth-order valence-electron chi connectivity index (χ4n) is 2.06. The molecule has 0 atom stereocenters. The van der Waals surface area contributed by atoms with Crippen molar-refractivity contribution in [3.63, 3.8) is 0 Å². The first-order valence-corrected chi connectivity index (χ1v) is 9.31. The lowest BCUT2D eigenvalue weighted by Gasteiger charge is -2.08. The highest BCUT2D eigenvalue weighted by Gasteiger charge is 2.12. The predicted octanol–water partition coefficient (Wildman–Crippen LogP) is 2.40. The third kappa shape index (κ3) is 4.93. The van der Waals surface area contributed by atoms with Gasteiger partial charge in [0.05, 0.1) is 5.75 Å². The first-order chi connectivity index (χ1) is 10.00. The van der Waals surface area contributed by atoms with Gasteiger partial charge in [-0.25, -0.2) is 13.1 Å². The molecule has 0 fully saturated rings. The van der Waals surface area contributed by atoms with Crippen molar-refractivity contribution in [2.24, 2.45) is 0 Å². The van der Waals surface area contributed by atoms with E-state index in [1.165, 1.54) is 0 Å². The van der Waals surface area contributed by atoms with Gasteiger partial charge in [0.25, 0.3) is 0 Å². The third-order valence-corrected chi connectivity index (χ3v) is 5.38. The second kappa shape index (κ2) is 7.17. The summed E-state index contributed by atoms with van der Waals surface area (Å²) in [6.45, 7) is 3.07. The maximum Gasteiger partial charge on any atom is 0.216 e. The summed E-state index contributed by atoms with van der Waals surface area (Å²) in [6, 6.07) is 7.63. The van der Waals surface area contributed by atoms with Crippen LogP contribution in [0.4, 0.5) is 0 Å². The van der Waals surface area contributed by atoms with Crippen LogP contribution in [0.1, 0.15) is 22.3 Å². The summed E-state index contributed by atoms with van der Waals surface area (Å²) >= 11 is 1.59. The maximum absolute atomic E-state index is 12.2. The molecule has 2 rings (SSSR count). The first kappa shape index (κ1) is 16.2. The smallest absolute Gasteiger partial charge is 0.216 e. The van der Waals surface area contributed by atoms with E-state index in [2.05, 4.69) is 10.0 Å². The highest BCUT2D eigenvalue weighted by molar-refractivity contribution is 7.88. The van der Waals surface area contributed by atoms with E-state index in [0.29, 0.717) is 6.54 Å². The van der Waals surface area contributed by atoms with Crippen LogP contribution >= 0.6 is 11.3 Å². The van der Waals surface area contributed by atoms with Crippen LogP contribution in [0.25, 0.3) is 0 Å². The molecule has 6 heteroatoms. The van der Waals surface area contributed by atoms with E-state index in [-0.39, 0.29) is 5.75 Å². The highest BCUT2D eigenvalue weighted by atomic mass is 32.2. The van der Waals surface area contributed by atoms with Gasteiger partial charge in [-0.1, -0.05) is 24.3 Å². The summed E-state index contributed by atoms with van der Waals surface area (Å²) in [4.78, 5) is 0. The Kier molecular flexibility index (Phi) is 5.52. The summed E-state index contributed by atoms with van der Waals surface area (Å²) in [7, 11) is -1.46. The minimum atomic E-state index is -3.32. The molecular formula is C15H20N2O2S2. The predicted molar refractivity (Wildman–Crippen MR) is 87.7 cm³/mol. The van der Waals surface area contributed by atoms with Crippen molar-refractivity contribution in [1.29, 1.82) is 0 Å². The lowest BCUT2D eigenvalue weighted by Crippen LogP contribution is -2.24. The first-order valence-electron chi connectivity index (χ1n) is 6.71. The SMILES string of the molecule is CNCc1cccc(CS(=O)(=O)NCc2cscc2C)c1. The molecule has 0 bridgehead atoms. The van der Waals surface area contributed by atoms with Crippen LogP contribution in [0.15, 0.2) is 35.0 Å². The normalized spacial score (nSPS) is 11.7. The Balaban J connectivity index is 2.00. The zero-order valence-corrected chi connectivity index (χ0v) is 13.9. The van der Waals surface area contributed by atoms with Crippen LogP contribution in [0.5, 0.6) is 0 Å². The molecular weight excluding hydrogens is 304 g/mol. The van der Waals surface area contributed by atoms with Gasteiger partial charge in [0.1, 0.15) is 0 Å². The van der Waals surface area contributed by atoms with Crippen LogP contribution in [-0.4, -0.2) is 15.5 Å². The molecule has 1 heterocycles. The molecule has 0 aliphatic rings. The number of sulfonamides is 1. The van der Waals surface area contributed by atoms with Gasteiger partial charge < -0.3 is 5.32 Å². The average molecular weight is 324 g/mol. The van der Waals surface area contributed by atoms with E-state index in [9.17, 15) is 8.42 Å². The van der Waals surface area contributed by atoms with Crippen molar-refractivity contribution in [3.05, 3.63) is 57.3 Å². The number of nitrogens with one attached hydrogen (secondary N) is 2. The van der Waals surface area contributed by atoms with Crippen LogP contribution in [0.3, 0.4) is 0 Å². The number of aryl methyl sites for hydroxylation is 1. The van der Waals surface area contributed by atoms with Gasteiger partial charge in [-0.2, -0.15) is 11.3 Å². The molecule has 0 unspecified atom stereocenters. The fraction of sp³-hybridized carbons (Fsp3) is 0.333. The molecule has 1 aromatic carbocycles. The molecule has 2 aromatic rings. The Labute approximate surface area is 130 Å². The van der Waals surface area contributed by atoms with E-state index in [1.54, 1.807) is 11.3 Å². The van der Waals surface area contributed by atoms with E-state index < -0.39 is 10.0 Å². The zero-order chi connectivity index (χ0) is 15.3. The lowest BCUT2D eigenvalue weighted by atomic mass is 10.1. The molecule has 0 saturated heterocycles. The minimum Gasteiger partial charge on any atom is -0.316 e. The Morgan fingerprint density at radius 1 is 1.14 bits per heavy atom. The summed E-state index contributed by atoms with van der Waals surface area (Å²) < 4.78 is 27.0. The van der Waals surface area contributed by atoms with Crippen molar-refractivity contribution in [2.75, 3.05) is 7.05 Å². The standard InChI is InChI=1S/C15H20N2O2S2/c1-12-9-20-10-15(12)8-17-21(18,19)11-14-5-3-4-13(6-14)7-16-2/h3-6,9-10,16-17H,7-8,11H2,1-2H3. The molecule has 1 aromatic heterocycles. The van der Waals surface area contributed by atoms with Crippen LogP contribution in [0.2, 0.25) is 0 Å². The summed E-state index contributed by atoms with van der Waals surface area (Å²) in [5, 5.41) is 7.06. The molecule has 0 saturated carbocycles. The van der Waals surface area contributed by atoms with E-state index in [4.69, 9.17) is 0 Å². The molecule has 114 valence electrons. The topological polar surface area (TPSA) is 58.2 Å². The van der Waals surface area contributed by atoms with Crippen molar-refractivity contribution in [1.82, 2.24) is 10.0 Å². The van der Waals surface area contributed by atoms with Crippen LogP contribution in [0, 0.1) is 6.92 Å². The Bertz CT molecular complexity index is 693. The molecule has 0 spiro atoms. The van der Waals surface area contributed by atoms with Crippen LogP contribution in [-0.2, 0) is 28.9 Å². The Hall–Kier alpha value is -1.21. The molecule has 0 aliphatic carbocycles. The van der Waals surface area contributed by atoms with Gasteiger partial charge in [-0.3, -0.25) is 0 Å². The van der Waals surface area contributed by atoms with E-state index in [1.807, 2.05) is 49.0 Å².